The van der Waals surface area contributed by atoms with Gasteiger partial charge in [-0.2, -0.15) is 0 Å². The van der Waals surface area contributed by atoms with E-state index in [1.807, 2.05) is 0 Å². The fraction of sp³-hybridized carbons (Fsp3) is 1.00. The number of hydrogen-bond acceptors (Lipinski definition) is 2. The highest BCUT2D eigenvalue weighted by molar-refractivity contribution is 4.77. The minimum absolute atomic E-state index is 0.0211. The maximum atomic E-state index is 9.41. The standard InChI is InChI=1S/C13H27NO/c1-3-4-5-6-11(2)14-10-12-7-8-13(15)9-12/h11-15H,3-10H2,1-2H3. The van der Waals surface area contributed by atoms with Gasteiger partial charge in [-0.3, -0.25) is 0 Å². The van der Waals surface area contributed by atoms with E-state index < -0.39 is 0 Å². The maximum Gasteiger partial charge on any atom is 0.0543 e. The third-order valence-corrected chi connectivity index (χ3v) is 3.51. The average molecular weight is 213 g/mol. The van der Waals surface area contributed by atoms with Crippen LogP contribution < -0.4 is 5.32 Å². The van der Waals surface area contributed by atoms with Crippen molar-refractivity contribution in [2.75, 3.05) is 6.54 Å². The summed E-state index contributed by atoms with van der Waals surface area (Å²) in [5.41, 5.74) is 0. The van der Waals surface area contributed by atoms with Gasteiger partial charge in [-0.15, -0.1) is 0 Å². The Labute approximate surface area is 94.5 Å². The molecule has 0 aromatic heterocycles. The van der Waals surface area contributed by atoms with Gasteiger partial charge in [0.25, 0.3) is 0 Å². The molecule has 2 N–H and O–H groups in total. The lowest BCUT2D eigenvalue weighted by atomic mass is 10.1. The zero-order valence-electron chi connectivity index (χ0n) is 10.3. The highest BCUT2D eigenvalue weighted by atomic mass is 16.3. The Balaban J connectivity index is 1.98. The molecule has 2 nitrogen and oxygen atoms in total. The summed E-state index contributed by atoms with van der Waals surface area (Å²) in [6.45, 7) is 5.63. The first-order valence-corrected chi connectivity index (χ1v) is 6.63. The number of nitrogens with one attached hydrogen (secondary N) is 1. The van der Waals surface area contributed by atoms with E-state index in [0.29, 0.717) is 12.0 Å². The average Bonchev–Trinajstić information content (AvgIpc) is 2.62. The van der Waals surface area contributed by atoms with Gasteiger partial charge in [-0.1, -0.05) is 26.2 Å². The molecule has 0 spiro atoms. The number of aliphatic hydroxyl groups excluding tert-OH is 1. The number of aliphatic hydroxyl groups is 1. The molecule has 0 aromatic carbocycles. The summed E-state index contributed by atoms with van der Waals surface area (Å²) in [6.07, 6.45) is 8.50. The van der Waals surface area contributed by atoms with Gasteiger partial charge in [0.2, 0.25) is 0 Å². The van der Waals surface area contributed by atoms with Crippen molar-refractivity contribution in [3.05, 3.63) is 0 Å². The third-order valence-electron chi connectivity index (χ3n) is 3.51. The van der Waals surface area contributed by atoms with E-state index in [2.05, 4.69) is 19.2 Å². The first kappa shape index (κ1) is 13.0. The van der Waals surface area contributed by atoms with Crippen LogP contribution in [0.25, 0.3) is 0 Å². The van der Waals surface area contributed by atoms with Crippen LogP contribution in [0.5, 0.6) is 0 Å². The Morgan fingerprint density at radius 1 is 1.33 bits per heavy atom. The van der Waals surface area contributed by atoms with Gasteiger partial charge in [0.05, 0.1) is 6.10 Å². The minimum atomic E-state index is -0.0211. The van der Waals surface area contributed by atoms with Crippen LogP contribution in [0.3, 0.4) is 0 Å². The molecular formula is C13H27NO. The van der Waals surface area contributed by atoms with Crippen LogP contribution >= 0.6 is 0 Å². The summed E-state index contributed by atoms with van der Waals surface area (Å²) >= 11 is 0. The van der Waals surface area contributed by atoms with Gasteiger partial charge < -0.3 is 10.4 Å². The van der Waals surface area contributed by atoms with Crippen LogP contribution in [0.1, 0.15) is 58.8 Å². The fourth-order valence-electron chi connectivity index (χ4n) is 2.40. The first-order chi connectivity index (χ1) is 7.22. The van der Waals surface area contributed by atoms with Crippen LogP contribution in [0.2, 0.25) is 0 Å². The molecule has 0 aromatic rings. The molecule has 1 fully saturated rings. The molecule has 1 aliphatic rings. The van der Waals surface area contributed by atoms with Crippen LogP contribution in [-0.4, -0.2) is 23.8 Å². The largest absolute Gasteiger partial charge is 0.393 e. The Hall–Kier alpha value is -0.0800. The molecule has 1 rings (SSSR count). The van der Waals surface area contributed by atoms with Crippen molar-refractivity contribution in [2.45, 2.75) is 70.9 Å². The lowest BCUT2D eigenvalue weighted by Gasteiger charge is -2.16. The molecule has 0 aliphatic heterocycles. The number of hydrogen-bond donors (Lipinski definition) is 2. The molecule has 0 radical (unpaired) electrons. The van der Waals surface area contributed by atoms with Crippen molar-refractivity contribution in [2.24, 2.45) is 5.92 Å². The number of unbranched alkanes of at least 4 members (excludes halogenated alkanes) is 2. The molecule has 2 heteroatoms. The Morgan fingerprint density at radius 2 is 2.13 bits per heavy atom. The second-order valence-corrected chi connectivity index (χ2v) is 5.14. The summed E-state index contributed by atoms with van der Waals surface area (Å²) in [5.74, 6) is 0.716. The molecule has 3 unspecified atom stereocenters. The number of rotatable bonds is 7. The summed E-state index contributed by atoms with van der Waals surface area (Å²) in [6, 6.07) is 0.647. The lowest BCUT2D eigenvalue weighted by Crippen LogP contribution is -2.30. The second-order valence-electron chi connectivity index (χ2n) is 5.14. The van der Waals surface area contributed by atoms with Crippen LogP contribution in [0.4, 0.5) is 0 Å². The van der Waals surface area contributed by atoms with Gasteiger partial charge >= 0.3 is 0 Å². The normalized spacial score (nSPS) is 28.2. The molecule has 3 atom stereocenters. The van der Waals surface area contributed by atoms with E-state index in [4.69, 9.17) is 0 Å². The topological polar surface area (TPSA) is 32.3 Å². The molecule has 1 saturated carbocycles. The zero-order valence-corrected chi connectivity index (χ0v) is 10.3. The van der Waals surface area contributed by atoms with Crippen molar-refractivity contribution in [3.8, 4) is 0 Å². The SMILES string of the molecule is CCCCCC(C)NCC1CCC(O)C1. The molecule has 0 bridgehead atoms. The van der Waals surface area contributed by atoms with E-state index in [1.54, 1.807) is 0 Å². The fourth-order valence-corrected chi connectivity index (χ4v) is 2.40. The van der Waals surface area contributed by atoms with Crippen molar-refractivity contribution in [1.29, 1.82) is 0 Å². The molecule has 15 heavy (non-hydrogen) atoms. The van der Waals surface area contributed by atoms with Crippen molar-refractivity contribution < 1.29 is 5.11 Å². The van der Waals surface area contributed by atoms with Crippen LogP contribution in [0.15, 0.2) is 0 Å². The Morgan fingerprint density at radius 3 is 2.73 bits per heavy atom. The Bertz CT molecular complexity index is 161. The van der Waals surface area contributed by atoms with Crippen molar-refractivity contribution >= 4 is 0 Å². The van der Waals surface area contributed by atoms with Crippen molar-refractivity contribution in [3.63, 3.8) is 0 Å². The van der Waals surface area contributed by atoms with E-state index in [0.717, 1.165) is 19.4 Å². The predicted molar refractivity (Wildman–Crippen MR) is 65.0 cm³/mol. The molecular weight excluding hydrogens is 186 g/mol. The van der Waals surface area contributed by atoms with Crippen molar-refractivity contribution in [1.82, 2.24) is 5.32 Å². The van der Waals surface area contributed by atoms with Crippen LogP contribution in [-0.2, 0) is 0 Å². The third kappa shape index (κ3) is 5.53. The molecule has 90 valence electrons. The minimum Gasteiger partial charge on any atom is -0.393 e. The monoisotopic (exact) mass is 213 g/mol. The quantitative estimate of drug-likeness (QED) is 0.637. The summed E-state index contributed by atoms with van der Waals surface area (Å²) in [5, 5.41) is 13.0. The maximum absolute atomic E-state index is 9.41. The summed E-state index contributed by atoms with van der Waals surface area (Å²) < 4.78 is 0. The molecule has 0 amide bonds. The molecule has 0 saturated heterocycles. The summed E-state index contributed by atoms with van der Waals surface area (Å²) in [7, 11) is 0. The smallest absolute Gasteiger partial charge is 0.0543 e. The predicted octanol–water partition coefficient (Wildman–Crippen LogP) is 2.71. The van der Waals surface area contributed by atoms with E-state index in [-0.39, 0.29) is 6.10 Å². The van der Waals surface area contributed by atoms with E-state index in [9.17, 15) is 5.11 Å². The van der Waals surface area contributed by atoms with Gasteiger partial charge in [0, 0.05) is 6.04 Å². The van der Waals surface area contributed by atoms with E-state index in [1.165, 1.54) is 32.1 Å². The highest BCUT2D eigenvalue weighted by Crippen LogP contribution is 2.24. The molecule has 0 heterocycles. The van der Waals surface area contributed by atoms with E-state index >= 15 is 0 Å². The second kappa shape index (κ2) is 7.24. The lowest BCUT2D eigenvalue weighted by molar-refractivity contribution is 0.177. The van der Waals surface area contributed by atoms with Gasteiger partial charge in [-0.25, -0.2) is 0 Å². The highest BCUT2D eigenvalue weighted by Gasteiger charge is 2.22. The van der Waals surface area contributed by atoms with Crippen LogP contribution in [0, 0.1) is 5.92 Å². The first-order valence-electron chi connectivity index (χ1n) is 6.63. The molecule has 1 aliphatic carbocycles. The van der Waals surface area contributed by atoms with Gasteiger partial charge in [0.15, 0.2) is 0 Å². The Kier molecular flexibility index (Phi) is 6.26. The van der Waals surface area contributed by atoms with Gasteiger partial charge in [0.1, 0.15) is 0 Å². The van der Waals surface area contributed by atoms with Gasteiger partial charge in [-0.05, 0) is 45.1 Å². The summed E-state index contributed by atoms with van der Waals surface area (Å²) in [4.78, 5) is 0. The zero-order chi connectivity index (χ0) is 11.1.